The fourth-order valence-corrected chi connectivity index (χ4v) is 3.96. The van der Waals surface area contributed by atoms with Crippen molar-refractivity contribution in [3.8, 4) is 0 Å². The number of hydrogen-bond acceptors (Lipinski definition) is 2. The van der Waals surface area contributed by atoms with Crippen molar-refractivity contribution < 1.29 is 14.7 Å². The van der Waals surface area contributed by atoms with Crippen LogP contribution in [-0.4, -0.2) is 16.9 Å². The second-order valence-electron chi connectivity index (χ2n) is 8.79. The zero-order valence-electron chi connectivity index (χ0n) is 19.7. The van der Waals surface area contributed by atoms with Crippen LogP contribution in [0, 0.1) is 0 Å². The fraction of sp³-hybridized carbons (Fsp3) is 0.643. The predicted octanol–water partition coefficient (Wildman–Crippen LogP) is 8.31. The normalized spacial score (nSPS) is 11.3. The smallest absolute Gasteiger partial charge is 0.328 e. The lowest BCUT2D eigenvalue weighted by molar-refractivity contribution is -0.131. The molecular weight excluding hydrogens is 384 g/mol. The van der Waals surface area contributed by atoms with Crippen molar-refractivity contribution in [2.24, 2.45) is 0 Å². The molecule has 3 heteroatoms. The quantitative estimate of drug-likeness (QED) is 0.129. The maximum absolute atomic E-state index is 11.8. The van der Waals surface area contributed by atoms with Crippen LogP contribution in [0.1, 0.15) is 126 Å². The van der Waals surface area contributed by atoms with Crippen molar-refractivity contribution in [3.05, 3.63) is 47.5 Å². The Bertz CT molecular complexity index is 616. The Kier molecular flexibility index (Phi) is 16.5. The molecule has 174 valence electrons. The van der Waals surface area contributed by atoms with Crippen LogP contribution in [0.3, 0.4) is 0 Å². The van der Waals surface area contributed by atoms with E-state index in [9.17, 15) is 9.59 Å². The minimum absolute atomic E-state index is 0.267. The molecule has 31 heavy (non-hydrogen) atoms. The molecule has 1 rings (SSSR count). The van der Waals surface area contributed by atoms with E-state index >= 15 is 0 Å². The second kappa shape index (κ2) is 18.8. The minimum Gasteiger partial charge on any atom is -0.478 e. The Labute approximate surface area is 190 Å². The maximum Gasteiger partial charge on any atom is 0.328 e. The van der Waals surface area contributed by atoms with Gasteiger partial charge in [0.15, 0.2) is 5.78 Å². The summed E-state index contributed by atoms with van der Waals surface area (Å²) in [6.45, 7) is 2.28. The van der Waals surface area contributed by atoms with Crippen LogP contribution in [0.25, 0.3) is 0 Å². The van der Waals surface area contributed by atoms with Gasteiger partial charge < -0.3 is 5.11 Å². The van der Waals surface area contributed by atoms with Crippen molar-refractivity contribution in [2.75, 3.05) is 0 Å². The molecule has 0 spiro atoms. The molecule has 0 unspecified atom stereocenters. The van der Waals surface area contributed by atoms with Gasteiger partial charge in [-0.15, -0.1) is 0 Å². The lowest BCUT2D eigenvalue weighted by atomic mass is 10.0. The molecule has 0 bridgehead atoms. The van der Waals surface area contributed by atoms with Gasteiger partial charge in [-0.25, -0.2) is 4.79 Å². The number of hydrogen-bond donors (Lipinski definition) is 1. The molecule has 0 amide bonds. The molecule has 0 atom stereocenters. The van der Waals surface area contributed by atoms with Gasteiger partial charge in [0.1, 0.15) is 0 Å². The number of aryl methyl sites for hydroxylation is 1. The van der Waals surface area contributed by atoms with Gasteiger partial charge in [0, 0.05) is 11.6 Å². The Hall–Kier alpha value is -1.90. The first-order chi connectivity index (χ1) is 15.1. The SMILES string of the molecule is CCCCCCCCCCCCCCCCCCc1ccc(C(=O)/C=C/C(=O)O)cc1. The van der Waals surface area contributed by atoms with Crippen LogP contribution in [-0.2, 0) is 11.2 Å². The molecule has 0 fully saturated rings. The van der Waals surface area contributed by atoms with Gasteiger partial charge in [0.05, 0.1) is 0 Å². The number of carbonyl (C=O) groups excluding carboxylic acids is 1. The molecule has 0 saturated carbocycles. The summed E-state index contributed by atoms with van der Waals surface area (Å²) in [7, 11) is 0. The van der Waals surface area contributed by atoms with E-state index in [2.05, 4.69) is 6.92 Å². The Morgan fingerprint density at radius 2 is 1.06 bits per heavy atom. The van der Waals surface area contributed by atoms with Crippen molar-refractivity contribution in [2.45, 2.75) is 116 Å². The lowest BCUT2D eigenvalue weighted by Gasteiger charge is -2.04. The number of unbranched alkanes of at least 4 members (excludes halogenated alkanes) is 15. The van der Waals surface area contributed by atoms with E-state index in [0.717, 1.165) is 18.6 Å². The Morgan fingerprint density at radius 3 is 1.48 bits per heavy atom. The number of rotatable bonds is 20. The van der Waals surface area contributed by atoms with Gasteiger partial charge in [0.2, 0.25) is 0 Å². The van der Waals surface area contributed by atoms with Crippen molar-refractivity contribution in [1.82, 2.24) is 0 Å². The summed E-state index contributed by atoms with van der Waals surface area (Å²) in [5.74, 6) is -1.37. The molecule has 1 N–H and O–H groups in total. The molecule has 0 aliphatic carbocycles. The van der Waals surface area contributed by atoms with E-state index in [0.29, 0.717) is 5.56 Å². The van der Waals surface area contributed by atoms with Gasteiger partial charge in [-0.3, -0.25) is 4.79 Å². The highest BCUT2D eigenvalue weighted by molar-refractivity contribution is 6.06. The highest BCUT2D eigenvalue weighted by Crippen LogP contribution is 2.15. The number of aliphatic carboxylic acids is 1. The monoisotopic (exact) mass is 428 g/mol. The van der Waals surface area contributed by atoms with E-state index in [1.165, 1.54) is 108 Å². The van der Waals surface area contributed by atoms with E-state index in [4.69, 9.17) is 5.11 Å². The molecule has 0 aliphatic rings. The molecule has 3 nitrogen and oxygen atoms in total. The number of ketones is 1. The zero-order valence-corrected chi connectivity index (χ0v) is 19.7. The van der Waals surface area contributed by atoms with Crippen LogP contribution in [0.4, 0.5) is 0 Å². The first kappa shape index (κ1) is 27.1. The number of allylic oxidation sites excluding steroid dienone is 1. The second-order valence-corrected chi connectivity index (χ2v) is 8.79. The minimum atomic E-state index is -1.10. The topological polar surface area (TPSA) is 54.4 Å². The molecule has 1 aromatic carbocycles. The molecular formula is C28H44O3. The van der Waals surface area contributed by atoms with Crippen molar-refractivity contribution in [1.29, 1.82) is 0 Å². The van der Waals surface area contributed by atoms with E-state index in [-0.39, 0.29) is 5.78 Å². The lowest BCUT2D eigenvalue weighted by Crippen LogP contribution is -1.97. The summed E-state index contributed by atoms with van der Waals surface area (Å²) in [5.41, 5.74) is 1.78. The molecule has 0 saturated heterocycles. The van der Waals surface area contributed by atoms with Crippen LogP contribution in [0.15, 0.2) is 36.4 Å². The Balaban J connectivity index is 1.93. The van der Waals surface area contributed by atoms with E-state index in [1.807, 2.05) is 12.1 Å². The summed E-state index contributed by atoms with van der Waals surface area (Å²) < 4.78 is 0. The molecule has 0 radical (unpaired) electrons. The van der Waals surface area contributed by atoms with E-state index < -0.39 is 5.97 Å². The average molecular weight is 429 g/mol. The van der Waals surface area contributed by atoms with E-state index in [1.54, 1.807) is 12.1 Å². The third-order valence-electron chi connectivity index (χ3n) is 5.93. The maximum atomic E-state index is 11.8. The Morgan fingerprint density at radius 1 is 0.645 bits per heavy atom. The first-order valence-corrected chi connectivity index (χ1v) is 12.7. The van der Waals surface area contributed by atoms with Crippen molar-refractivity contribution in [3.63, 3.8) is 0 Å². The average Bonchev–Trinajstić information content (AvgIpc) is 2.77. The third-order valence-corrected chi connectivity index (χ3v) is 5.93. The first-order valence-electron chi connectivity index (χ1n) is 12.7. The van der Waals surface area contributed by atoms with Gasteiger partial charge in [-0.2, -0.15) is 0 Å². The standard InChI is InChI=1S/C28H44O3/c1-2-3-4-5-6-7-8-9-10-11-12-13-14-15-16-17-18-25-19-21-26(22-20-25)27(29)23-24-28(30)31/h19-24H,2-18H2,1H3,(H,30,31)/b24-23+. The van der Waals surface area contributed by atoms with Gasteiger partial charge >= 0.3 is 5.97 Å². The number of carboxylic acids is 1. The summed E-state index contributed by atoms with van der Waals surface area (Å²) in [6.07, 6.45) is 25.1. The summed E-state index contributed by atoms with van der Waals surface area (Å²) in [4.78, 5) is 22.3. The summed E-state index contributed by atoms with van der Waals surface area (Å²) >= 11 is 0. The van der Waals surface area contributed by atoms with Gasteiger partial charge in [-0.05, 0) is 24.5 Å². The van der Waals surface area contributed by atoms with Gasteiger partial charge in [-0.1, -0.05) is 128 Å². The van der Waals surface area contributed by atoms with Crippen LogP contribution in [0.5, 0.6) is 0 Å². The summed E-state index contributed by atoms with van der Waals surface area (Å²) in [5, 5.41) is 8.58. The van der Waals surface area contributed by atoms with Crippen LogP contribution in [0.2, 0.25) is 0 Å². The number of carboxylic acid groups (broad SMARTS) is 1. The molecule has 0 heterocycles. The summed E-state index contributed by atoms with van der Waals surface area (Å²) in [6, 6.07) is 7.53. The fourth-order valence-electron chi connectivity index (χ4n) is 3.96. The molecule has 1 aromatic rings. The predicted molar refractivity (Wildman–Crippen MR) is 131 cm³/mol. The highest BCUT2D eigenvalue weighted by atomic mass is 16.4. The van der Waals surface area contributed by atoms with Crippen LogP contribution >= 0.6 is 0 Å². The van der Waals surface area contributed by atoms with Crippen molar-refractivity contribution >= 4 is 11.8 Å². The molecule has 0 aliphatic heterocycles. The third kappa shape index (κ3) is 15.5. The number of carbonyl (C=O) groups is 2. The number of benzene rings is 1. The van der Waals surface area contributed by atoms with Gasteiger partial charge in [0.25, 0.3) is 0 Å². The molecule has 0 aromatic heterocycles. The largest absolute Gasteiger partial charge is 0.478 e. The highest BCUT2D eigenvalue weighted by Gasteiger charge is 2.03. The van der Waals surface area contributed by atoms with Crippen LogP contribution < -0.4 is 0 Å². The zero-order chi connectivity index (χ0) is 22.6.